The normalized spacial score (nSPS) is 14.4. The fourth-order valence-electron chi connectivity index (χ4n) is 1.69. The minimum absolute atomic E-state index is 0.0786. The van der Waals surface area contributed by atoms with Crippen LogP contribution in [0.25, 0.3) is 0 Å². The number of halogens is 1. The van der Waals surface area contributed by atoms with Gasteiger partial charge in [-0.05, 0) is 31.0 Å². The van der Waals surface area contributed by atoms with Gasteiger partial charge < -0.3 is 9.64 Å². The zero-order valence-electron chi connectivity index (χ0n) is 9.91. The van der Waals surface area contributed by atoms with Crippen LogP contribution in [-0.2, 0) is 0 Å². The Kier molecular flexibility index (Phi) is 4.05. The first-order valence-corrected chi connectivity index (χ1v) is 6.73. The maximum atomic E-state index is 12.2. The number of ether oxygens (including phenoxy) is 1. The third-order valence-corrected chi connectivity index (χ3v) is 3.27. The molecule has 92 valence electrons. The van der Waals surface area contributed by atoms with Crippen LogP contribution in [0.3, 0.4) is 0 Å². The molecule has 1 aliphatic heterocycles. The second-order valence-electron chi connectivity index (χ2n) is 4.13. The van der Waals surface area contributed by atoms with Gasteiger partial charge in [-0.25, -0.2) is 0 Å². The van der Waals surface area contributed by atoms with Gasteiger partial charge in [-0.15, -0.1) is 0 Å². The zero-order chi connectivity index (χ0) is 12.3. The Morgan fingerprint density at radius 3 is 2.82 bits per heavy atom. The lowest BCUT2D eigenvalue weighted by atomic mass is 10.1. The van der Waals surface area contributed by atoms with Crippen molar-refractivity contribution >= 4 is 21.8 Å². The van der Waals surface area contributed by atoms with E-state index in [2.05, 4.69) is 22.9 Å². The molecule has 3 nitrogen and oxygen atoms in total. The lowest BCUT2D eigenvalue weighted by molar-refractivity contribution is 0.0647. The summed E-state index contributed by atoms with van der Waals surface area (Å²) in [6.07, 6.45) is 2.04. The molecule has 0 saturated carbocycles. The molecule has 0 atom stereocenters. The smallest absolute Gasteiger partial charge is 0.257 e. The third-order valence-electron chi connectivity index (χ3n) is 2.78. The Morgan fingerprint density at radius 1 is 1.47 bits per heavy atom. The van der Waals surface area contributed by atoms with E-state index in [1.165, 1.54) is 0 Å². The van der Waals surface area contributed by atoms with Crippen LogP contribution in [0.4, 0.5) is 0 Å². The molecule has 0 aliphatic carbocycles. The molecular formula is C13H16BrNO2. The van der Waals surface area contributed by atoms with Gasteiger partial charge in [-0.1, -0.05) is 22.9 Å². The van der Waals surface area contributed by atoms with Gasteiger partial charge in [-0.3, -0.25) is 4.79 Å². The molecule has 1 aromatic carbocycles. The zero-order valence-corrected chi connectivity index (χ0v) is 11.5. The maximum absolute atomic E-state index is 12.2. The number of carbonyl (C=O) groups is 1. The summed E-state index contributed by atoms with van der Waals surface area (Å²) in [4.78, 5) is 14.0. The Labute approximate surface area is 110 Å². The average Bonchev–Trinajstić information content (AvgIpc) is 2.23. The largest absolute Gasteiger partial charge is 0.493 e. The van der Waals surface area contributed by atoms with Crippen molar-refractivity contribution in [3.63, 3.8) is 0 Å². The first-order valence-electron chi connectivity index (χ1n) is 5.94. The van der Waals surface area contributed by atoms with Crippen molar-refractivity contribution in [2.24, 2.45) is 0 Å². The second kappa shape index (κ2) is 5.54. The number of hydrogen-bond donors (Lipinski definition) is 0. The molecule has 0 N–H and O–H groups in total. The van der Waals surface area contributed by atoms with Gasteiger partial charge in [0.1, 0.15) is 5.75 Å². The highest BCUT2D eigenvalue weighted by Gasteiger charge is 2.24. The maximum Gasteiger partial charge on any atom is 0.257 e. The quantitative estimate of drug-likeness (QED) is 0.855. The van der Waals surface area contributed by atoms with Crippen LogP contribution in [0.2, 0.25) is 0 Å². The van der Waals surface area contributed by atoms with E-state index in [1.807, 2.05) is 23.1 Å². The molecule has 1 heterocycles. The van der Waals surface area contributed by atoms with Crippen LogP contribution >= 0.6 is 15.9 Å². The highest BCUT2D eigenvalue weighted by molar-refractivity contribution is 9.10. The van der Waals surface area contributed by atoms with Crippen LogP contribution in [0, 0.1) is 0 Å². The summed E-state index contributed by atoms with van der Waals surface area (Å²) in [6, 6.07) is 5.57. The van der Waals surface area contributed by atoms with Gasteiger partial charge in [0.05, 0.1) is 12.2 Å². The number of amides is 1. The summed E-state index contributed by atoms with van der Waals surface area (Å²) in [5.74, 6) is 0.757. The minimum atomic E-state index is 0.0786. The van der Waals surface area contributed by atoms with Gasteiger partial charge >= 0.3 is 0 Å². The van der Waals surface area contributed by atoms with Gasteiger partial charge in [-0.2, -0.15) is 0 Å². The van der Waals surface area contributed by atoms with E-state index in [0.717, 1.165) is 30.4 Å². The molecule has 0 radical (unpaired) electrons. The SMILES string of the molecule is CCCOc1cc(Br)ccc1C(=O)N1CCC1. The predicted octanol–water partition coefficient (Wildman–Crippen LogP) is 3.08. The Morgan fingerprint density at radius 2 is 2.24 bits per heavy atom. The number of likely N-dealkylation sites (tertiary alicyclic amines) is 1. The van der Waals surface area contributed by atoms with Crippen LogP contribution in [0.15, 0.2) is 22.7 Å². The van der Waals surface area contributed by atoms with E-state index >= 15 is 0 Å². The molecule has 2 rings (SSSR count). The summed E-state index contributed by atoms with van der Waals surface area (Å²) >= 11 is 3.40. The van der Waals surface area contributed by atoms with Crippen molar-refractivity contribution < 1.29 is 9.53 Å². The van der Waals surface area contributed by atoms with Crippen molar-refractivity contribution in [1.82, 2.24) is 4.90 Å². The number of nitrogens with zero attached hydrogens (tertiary/aromatic N) is 1. The van der Waals surface area contributed by atoms with Crippen LogP contribution < -0.4 is 4.74 Å². The molecule has 1 aromatic rings. The lowest BCUT2D eigenvalue weighted by Gasteiger charge is -2.31. The van der Waals surface area contributed by atoms with Crippen molar-refractivity contribution in [1.29, 1.82) is 0 Å². The van der Waals surface area contributed by atoms with Crippen molar-refractivity contribution in [3.05, 3.63) is 28.2 Å². The Bertz CT molecular complexity index is 416. The first-order chi connectivity index (χ1) is 8.22. The third kappa shape index (κ3) is 2.80. The highest BCUT2D eigenvalue weighted by atomic mass is 79.9. The van der Waals surface area contributed by atoms with Crippen molar-refractivity contribution in [2.75, 3.05) is 19.7 Å². The number of carbonyl (C=O) groups excluding carboxylic acids is 1. The molecule has 0 spiro atoms. The average molecular weight is 298 g/mol. The number of rotatable bonds is 4. The van der Waals surface area contributed by atoms with Gasteiger partial charge in [0.2, 0.25) is 0 Å². The molecule has 1 fully saturated rings. The molecule has 0 bridgehead atoms. The molecule has 1 saturated heterocycles. The molecule has 4 heteroatoms. The minimum Gasteiger partial charge on any atom is -0.493 e. The lowest BCUT2D eigenvalue weighted by Crippen LogP contribution is -2.42. The van der Waals surface area contributed by atoms with E-state index < -0.39 is 0 Å². The van der Waals surface area contributed by atoms with Gasteiger partial charge in [0.25, 0.3) is 5.91 Å². The van der Waals surface area contributed by atoms with Crippen LogP contribution in [0.1, 0.15) is 30.1 Å². The van der Waals surface area contributed by atoms with E-state index in [0.29, 0.717) is 17.9 Å². The predicted molar refractivity (Wildman–Crippen MR) is 70.4 cm³/mol. The summed E-state index contributed by atoms with van der Waals surface area (Å²) in [6.45, 7) is 4.41. The number of hydrogen-bond acceptors (Lipinski definition) is 2. The molecule has 1 aliphatic rings. The van der Waals surface area contributed by atoms with Gasteiger partial charge in [0.15, 0.2) is 0 Å². The fraction of sp³-hybridized carbons (Fsp3) is 0.462. The van der Waals surface area contributed by atoms with E-state index in [1.54, 1.807) is 0 Å². The van der Waals surface area contributed by atoms with Crippen molar-refractivity contribution in [2.45, 2.75) is 19.8 Å². The summed E-state index contributed by atoms with van der Waals surface area (Å²) in [7, 11) is 0. The van der Waals surface area contributed by atoms with E-state index in [-0.39, 0.29) is 5.91 Å². The molecule has 1 amide bonds. The number of benzene rings is 1. The van der Waals surface area contributed by atoms with E-state index in [4.69, 9.17) is 4.74 Å². The standard InChI is InChI=1S/C13H16BrNO2/c1-2-8-17-12-9-10(14)4-5-11(12)13(16)15-6-3-7-15/h4-5,9H,2-3,6-8H2,1H3. The summed E-state index contributed by atoms with van der Waals surface area (Å²) in [5.41, 5.74) is 0.668. The Balaban J connectivity index is 2.21. The molecule has 0 aromatic heterocycles. The van der Waals surface area contributed by atoms with Crippen LogP contribution in [-0.4, -0.2) is 30.5 Å². The topological polar surface area (TPSA) is 29.5 Å². The monoisotopic (exact) mass is 297 g/mol. The van der Waals surface area contributed by atoms with E-state index in [9.17, 15) is 4.79 Å². The molecule has 0 unspecified atom stereocenters. The molecule has 17 heavy (non-hydrogen) atoms. The summed E-state index contributed by atoms with van der Waals surface area (Å²) < 4.78 is 6.56. The van der Waals surface area contributed by atoms with Gasteiger partial charge in [0, 0.05) is 17.6 Å². The second-order valence-corrected chi connectivity index (χ2v) is 5.05. The Hall–Kier alpha value is -1.03. The first kappa shape index (κ1) is 12.4. The molecular weight excluding hydrogens is 282 g/mol. The van der Waals surface area contributed by atoms with Crippen LogP contribution in [0.5, 0.6) is 5.75 Å². The highest BCUT2D eigenvalue weighted by Crippen LogP contribution is 2.26. The van der Waals surface area contributed by atoms with Crippen molar-refractivity contribution in [3.8, 4) is 5.75 Å². The summed E-state index contributed by atoms with van der Waals surface area (Å²) in [5, 5.41) is 0. The fourth-order valence-corrected chi connectivity index (χ4v) is 2.03.